The topological polar surface area (TPSA) is 6.48 Å². The van der Waals surface area contributed by atoms with E-state index in [1.165, 1.54) is 89.0 Å². The first-order valence-electron chi connectivity index (χ1n) is 31.1. The normalized spacial score (nSPS) is 15.4. The molecule has 4 heteroatoms. The molecule has 0 unspecified atom stereocenters. The van der Waals surface area contributed by atoms with Crippen molar-refractivity contribution in [1.29, 1.82) is 0 Å². The molecule has 0 amide bonds. The number of fused-ring (bicyclic) bond motifs is 12. The smallest absolute Gasteiger partial charge is 0.0668 e. The Labute approximate surface area is 499 Å². The van der Waals surface area contributed by atoms with Gasteiger partial charge in [-0.25, -0.2) is 0 Å². The summed E-state index contributed by atoms with van der Waals surface area (Å²) in [6.07, 6.45) is 12.7. The standard InChI is InChI=1S/C78H78Cl2N2/c1-9-41-77(42-10-2)65-31-23-19-27-57(65)61-39-35-53(47-69(61)77)81(51-33-37-59-55-25-17-21-29-63(55)75(13-5,14-6)67(59)45-51)73-49-72(80)74(50-71(73)79)82(52-34-38-60-56-26-18-22-30-64(56)76(15-7,16-8)68(60)46-52)54-36-40-62-58-28-20-24-32-66(58)78(43-11-3,44-12-4)70(62)48-54/h17-40,45-50H,9-16,41-44H2,1-8H3. The molecule has 9 aromatic rings. The third-order valence-electron chi connectivity index (χ3n) is 20.7. The molecule has 0 N–H and O–H groups in total. The van der Waals surface area contributed by atoms with Gasteiger partial charge in [-0.1, -0.05) is 226 Å². The number of hydrogen-bond donors (Lipinski definition) is 0. The van der Waals surface area contributed by atoms with E-state index in [0.717, 1.165) is 111 Å². The molecule has 0 atom stereocenters. The van der Waals surface area contributed by atoms with Crippen LogP contribution in [0.15, 0.2) is 182 Å². The van der Waals surface area contributed by atoms with E-state index in [1.807, 2.05) is 0 Å². The fraction of sp³-hybridized carbons (Fsp3) is 0.308. The first kappa shape index (κ1) is 54.4. The van der Waals surface area contributed by atoms with Gasteiger partial charge in [-0.05, 0) is 201 Å². The molecule has 0 saturated carbocycles. The molecule has 0 aromatic heterocycles. The lowest BCUT2D eigenvalue weighted by molar-refractivity contribution is 0.436. The molecule has 0 bridgehead atoms. The van der Waals surface area contributed by atoms with Crippen LogP contribution in [-0.2, 0) is 21.7 Å². The molecule has 0 fully saturated rings. The monoisotopic (exact) mass is 1110 g/mol. The average molecular weight is 1110 g/mol. The highest BCUT2D eigenvalue weighted by Gasteiger charge is 2.46. The molecule has 0 aliphatic heterocycles. The van der Waals surface area contributed by atoms with E-state index < -0.39 is 0 Å². The van der Waals surface area contributed by atoms with Crippen LogP contribution in [-0.4, -0.2) is 0 Å². The minimum Gasteiger partial charge on any atom is -0.309 e. The zero-order chi connectivity index (χ0) is 56.7. The first-order chi connectivity index (χ1) is 40.0. The third-order valence-corrected chi connectivity index (χ3v) is 21.3. The van der Waals surface area contributed by atoms with Gasteiger partial charge in [0.15, 0.2) is 0 Å². The van der Waals surface area contributed by atoms with E-state index in [2.05, 4.69) is 247 Å². The second-order valence-corrected chi connectivity index (χ2v) is 25.1. The average Bonchev–Trinajstić information content (AvgIpc) is 2.53. The summed E-state index contributed by atoms with van der Waals surface area (Å²) in [7, 11) is 0. The number of halogens is 2. The minimum atomic E-state index is -0.121. The zero-order valence-corrected chi connectivity index (χ0v) is 51.0. The Bertz CT molecular complexity index is 3680. The van der Waals surface area contributed by atoms with Crippen molar-refractivity contribution in [2.75, 3.05) is 9.80 Å². The number of anilines is 6. The van der Waals surface area contributed by atoms with Gasteiger partial charge in [-0.3, -0.25) is 0 Å². The van der Waals surface area contributed by atoms with E-state index in [-0.39, 0.29) is 21.7 Å². The van der Waals surface area contributed by atoms with Crippen LogP contribution in [0.4, 0.5) is 34.1 Å². The zero-order valence-electron chi connectivity index (χ0n) is 49.5. The van der Waals surface area contributed by atoms with Crippen molar-refractivity contribution in [2.45, 2.75) is 154 Å². The fourth-order valence-corrected chi connectivity index (χ4v) is 17.6. The molecule has 0 saturated heterocycles. The molecule has 0 radical (unpaired) electrons. The van der Waals surface area contributed by atoms with Crippen LogP contribution in [0.25, 0.3) is 44.5 Å². The summed E-state index contributed by atoms with van der Waals surface area (Å²) in [4.78, 5) is 4.85. The van der Waals surface area contributed by atoms with Gasteiger partial charge in [0.25, 0.3) is 0 Å². The van der Waals surface area contributed by atoms with Gasteiger partial charge in [-0.2, -0.15) is 0 Å². The summed E-state index contributed by atoms with van der Waals surface area (Å²) in [5.41, 5.74) is 27.6. The van der Waals surface area contributed by atoms with Crippen molar-refractivity contribution in [1.82, 2.24) is 0 Å². The van der Waals surface area contributed by atoms with Crippen LogP contribution < -0.4 is 9.80 Å². The van der Waals surface area contributed by atoms with E-state index >= 15 is 0 Å². The Morgan fingerprint density at radius 2 is 0.500 bits per heavy atom. The summed E-state index contributed by atoms with van der Waals surface area (Å²) in [5.74, 6) is 0. The van der Waals surface area contributed by atoms with Gasteiger partial charge < -0.3 is 9.80 Å². The highest BCUT2D eigenvalue weighted by atomic mass is 35.5. The summed E-state index contributed by atoms with van der Waals surface area (Å²) in [6, 6.07) is 69.7. The van der Waals surface area contributed by atoms with Gasteiger partial charge in [0.2, 0.25) is 0 Å². The largest absolute Gasteiger partial charge is 0.309 e. The predicted octanol–water partition coefficient (Wildman–Crippen LogP) is 23.8. The van der Waals surface area contributed by atoms with Crippen molar-refractivity contribution in [3.05, 3.63) is 237 Å². The second-order valence-electron chi connectivity index (χ2n) is 24.3. The van der Waals surface area contributed by atoms with Gasteiger partial charge in [0.05, 0.1) is 21.4 Å². The van der Waals surface area contributed by atoms with Crippen molar-refractivity contribution in [2.24, 2.45) is 0 Å². The highest BCUT2D eigenvalue weighted by Crippen LogP contribution is 2.61. The lowest BCUT2D eigenvalue weighted by Gasteiger charge is -2.35. The minimum absolute atomic E-state index is 0.102. The Kier molecular flexibility index (Phi) is 14.0. The maximum Gasteiger partial charge on any atom is 0.0668 e. The van der Waals surface area contributed by atoms with E-state index in [9.17, 15) is 0 Å². The van der Waals surface area contributed by atoms with Crippen LogP contribution in [0.3, 0.4) is 0 Å². The van der Waals surface area contributed by atoms with E-state index in [0.29, 0.717) is 10.0 Å². The molecule has 4 aliphatic carbocycles. The van der Waals surface area contributed by atoms with E-state index in [1.54, 1.807) is 0 Å². The van der Waals surface area contributed by atoms with Crippen molar-refractivity contribution >= 4 is 57.3 Å². The fourth-order valence-electron chi connectivity index (χ4n) is 17.1. The summed E-state index contributed by atoms with van der Waals surface area (Å²) >= 11 is 16.3. The summed E-state index contributed by atoms with van der Waals surface area (Å²) in [6.45, 7) is 18.8. The van der Waals surface area contributed by atoms with Gasteiger partial charge >= 0.3 is 0 Å². The molecule has 0 heterocycles. The first-order valence-corrected chi connectivity index (χ1v) is 31.9. The quantitative estimate of drug-likeness (QED) is 0.0845. The Morgan fingerprint density at radius 3 is 0.756 bits per heavy atom. The Balaban J connectivity index is 1.04. The molecule has 2 nitrogen and oxygen atoms in total. The van der Waals surface area contributed by atoms with E-state index in [4.69, 9.17) is 23.2 Å². The van der Waals surface area contributed by atoms with Crippen molar-refractivity contribution in [3.63, 3.8) is 0 Å². The van der Waals surface area contributed by atoms with Gasteiger partial charge in [0.1, 0.15) is 0 Å². The number of nitrogens with zero attached hydrogens (tertiary/aromatic N) is 2. The summed E-state index contributed by atoms with van der Waals surface area (Å²) < 4.78 is 0. The maximum absolute atomic E-state index is 8.16. The molecule has 0 spiro atoms. The SMILES string of the molecule is CCCC1(CCC)c2ccccc2-c2ccc(N(c3ccc4c(c3)C(CC)(CC)c3ccccc3-4)c3cc(Cl)c(N(c4ccc5c(c4)C(CC)(CC)c4ccccc4-5)c4ccc5c(c4)C(CCC)(CCC)c4ccccc4-5)cc3Cl)cc21. The highest BCUT2D eigenvalue weighted by molar-refractivity contribution is 6.38. The maximum atomic E-state index is 8.16. The van der Waals surface area contributed by atoms with Crippen LogP contribution in [0, 0.1) is 0 Å². The molecule has 9 aromatic carbocycles. The number of benzene rings is 9. The molecular formula is C78H78Cl2N2. The van der Waals surface area contributed by atoms with Crippen molar-refractivity contribution < 1.29 is 0 Å². The summed E-state index contributed by atoms with van der Waals surface area (Å²) in [5, 5.41) is 1.26. The Hall–Kier alpha value is -6.84. The lowest BCUT2D eigenvalue weighted by atomic mass is 9.71. The van der Waals surface area contributed by atoms with Crippen LogP contribution >= 0.6 is 23.2 Å². The molecule has 4 aliphatic rings. The third kappa shape index (κ3) is 7.79. The molecular weight excluding hydrogens is 1040 g/mol. The molecule has 414 valence electrons. The second kappa shape index (κ2) is 21.1. The number of hydrogen-bond acceptors (Lipinski definition) is 2. The van der Waals surface area contributed by atoms with Gasteiger partial charge in [-0.15, -0.1) is 0 Å². The van der Waals surface area contributed by atoms with Crippen LogP contribution in [0.2, 0.25) is 10.0 Å². The Morgan fingerprint density at radius 1 is 0.268 bits per heavy atom. The number of rotatable bonds is 18. The van der Waals surface area contributed by atoms with Crippen LogP contribution in [0.5, 0.6) is 0 Å². The van der Waals surface area contributed by atoms with Gasteiger partial charge in [0, 0.05) is 44.4 Å². The molecule has 13 rings (SSSR count). The van der Waals surface area contributed by atoms with Crippen LogP contribution in [0.1, 0.15) is 177 Å². The van der Waals surface area contributed by atoms with Crippen molar-refractivity contribution in [3.8, 4) is 44.5 Å². The predicted molar refractivity (Wildman–Crippen MR) is 351 cm³/mol. The lowest BCUT2D eigenvalue weighted by Crippen LogP contribution is -2.25. The molecule has 82 heavy (non-hydrogen) atoms.